The standard InChI is InChI=1S/C13H13N3O2/c1-6(2)13-15-8-7-4-3-5-14-9(7)11(17)12(18)10(8)16-13/h3-6,13,17-18H,1-2H3. The van der Waals surface area contributed by atoms with E-state index in [1.54, 1.807) is 12.3 Å². The normalized spacial score (nSPS) is 17.6. The monoisotopic (exact) mass is 243 g/mol. The predicted molar refractivity (Wildman–Crippen MR) is 66.0 cm³/mol. The van der Waals surface area contributed by atoms with Gasteiger partial charge in [-0.15, -0.1) is 0 Å². The van der Waals surface area contributed by atoms with Crippen molar-refractivity contribution in [2.75, 3.05) is 0 Å². The van der Waals surface area contributed by atoms with Crippen molar-refractivity contribution in [2.24, 2.45) is 15.9 Å². The van der Waals surface area contributed by atoms with E-state index < -0.39 is 0 Å². The van der Waals surface area contributed by atoms with Gasteiger partial charge in [-0.1, -0.05) is 13.8 Å². The molecule has 1 aliphatic heterocycles. The summed E-state index contributed by atoms with van der Waals surface area (Å²) >= 11 is 0. The smallest absolute Gasteiger partial charge is 0.187 e. The van der Waals surface area contributed by atoms with Gasteiger partial charge in [0.1, 0.15) is 17.0 Å². The van der Waals surface area contributed by atoms with Gasteiger partial charge in [-0.05, 0) is 18.1 Å². The average Bonchev–Trinajstić information content (AvgIpc) is 2.81. The summed E-state index contributed by atoms with van der Waals surface area (Å²) in [5.41, 5.74) is 0.358. The molecule has 1 atom stereocenters. The van der Waals surface area contributed by atoms with Crippen molar-refractivity contribution in [2.45, 2.75) is 20.0 Å². The van der Waals surface area contributed by atoms with Crippen LogP contribution >= 0.6 is 0 Å². The molecular formula is C13H13N3O2. The summed E-state index contributed by atoms with van der Waals surface area (Å²) in [5.74, 6) is -0.221. The maximum Gasteiger partial charge on any atom is 0.187 e. The van der Waals surface area contributed by atoms with Crippen LogP contribution < -0.4 is 10.7 Å². The van der Waals surface area contributed by atoms with E-state index in [0.29, 0.717) is 16.2 Å². The number of benzene rings is 1. The van der Waals surface area contributed by atoms with Crippen molar-refractivity contribution in [1.82, 2.24) is 4.98 Å². The summed E-state index contributed by atoms with van der Waals surface area (Å²) in [6, 6.07) is 3.60. The lowest BCUT2D eigenvalue weighted by atomic mass is 10.1. The summed E-state index contributed by atoms with van der Waals surface area (Å²) in [7, 11) is 0. The molecule has 0 radical (unpaired) electrons. The molecule has 92 valence electrons. The van der Waals surface area contributed by atoms with E-state index in [9.17, 15) is 10.2 Å². The number of phenolic OH excluding ortho intramolecular Hbond substituents is 2. The van der Waals surface area contributed by atoms with Gasteiger partial charge in [0, 0.05) is 11.6 Å². The Morgan fingerprint density at radius 2 is 1.83 bits per heavy atom. The van der Waals surface area contributed by atoms with E-state index in [1.165, 1.54) is 0 Å². The van der Waals surface area contributed by atoms with Crippen LogP contribution in [0.5, 0.6) is 11.5 Å². The lowest BCUT2D eigenvalue weighted by molar-refractivity contribution is 0.401. The first-order valence-corrected chi connectivity index (χ1v) is 5.84. The molecule has 0 fully saturated rings. The highest BCUT2D eigenvalue weighted by atomic mass is 16.3. The van der Waals surface area contributed by atoms with Crippen LogP contribution in [0.4, 0.5) is 0 Å². The van der Waals surface area contributed by atoms with E-state index in [4.69, 9.17) is 0 Å². The Kier molecular flexibility index (Phi) is 2.23. The van der Waals surface area contributed by atoms with Crippen LogP contribution in [0, 0.1) is 5.92 Å². The van der Waals surface area contributed by atoms with Gasteiger partial charge in [0.15, 0.2) is 11.5 Å². The zero-order chi connectivity index (χ0) is 12.9. The minimum atomic E-state index is -0.233. The van der Waals surface area contributed by atoms with E-state index in [1.807, 2.05) is 19.9 Å². The highest BCUT2D eigenvalue weighted by Gasteiger charge is 2.21. The lowest BCUT2D eigenvalue weighted by Gasteiger charge is -2.06. The third-order valence-electron chi connectivity index (χ3n) is 3.08. The molecule has 1 unspecified atom stereocenters. The second-order valence-electron chi connectivity index (χ2n) is 4.71. The van der Waals surface area contributed by atoms with E-state index in [0.717, 1.165) is 5.39 Å². The van der Waals surface area contributed by atoms with Gasteiger partial charge in [-0.25, -0.2) is 0 Å². The molecule has 0 saturated carbocycles. The molecule has 2 N–H and O–H groups in total. The topological polar surface area (TPSA) is 78.1 Å². The first-order valence-electron chi connectivity index (χ1n) is 5.84. The third-order valence-corrected chi connectivity index (χ3v) is 3.08. The minimum Gasteiger partial charge on any atom is -0.503 e. The molecule has 3 rings (SSSR count). The molecule has 0 bridgehead atoms. The van der Waals surface area contributed by atoms with Crippen molar-refractivity contribution in [3.8, 4) is 11.5 Å². The average molecular weight is 243 g/mol. The fourth-order valence-electron chi connectivity index (χ4n) is 2.09. The Morgan fingerprint density at radius 1 is 1.11 bits per heavy atom. The van der Waals surface area contributed by atoms with Crippen molar-refractivity contribution < 1.29 is 10.2 Å². The van der Waals surface area contributed by atoms with Gasteiger partial charge >= 0.3 is 0 Å². The second kappa shape index (κ2) is 3.66. The number of rotatable bonds is 1. The molecule has 0 amide bonds. The zero-order valence-corrected chi connectivity index (χ0v) is 10.1. The van der Waals surface area contributed by atoms with Gasteiger partial charge in [0.25, 0.3) is 0 Å². The quantitative estimate of drug-likeness (QED) is 0.730. The first kappa shape index (κ1) is 11.0. The fourth-order valence-corrected chi connectivity index (χ4v) is 2.09. The summed E-state index contributed by atoms with van der Waals surface area (Å²) < 4.78 is 0. The van der Waals surface area contributed by atoms with Gasteiger partial charge < -0.3 is 10.2 Å². The lowest BCUT2D eigenvalue weighted by Crippen LogP contribution is -2.23. The number of phenols is 2. The second-order valence-corrected chi connectivity index (χ2v) is 4.71. The molecule has 1 aliphatic rings. The maximum absolute atomic E-state index is 9.97. The predicted octanol–water partition coefficient (Wildman–Crippen LogP) is 0.881. The Hall–Kier alpha value is -2.17. The highest BCUT2D eigenvalue weighted by Crippen LogP contribution is 2.27. The molecule has 1 aromatic heterocycles. The molecule has 0 saturated heterocycles. The van der Waals surface area contributed by atoms with E-state index >= 15 is 0 Å². The van der Waals surface area contributed by atoms with Crippen LogP contribution in [-0.2, 0) is 0 Å². The number of hydrogen-bond donors (Lipinski definition) is 2. The molecule has 2 heterocycles. The Balaban J connectivity index is 2.49. The molecule has 18 heavy (non-hydrogen) atoms. The van der Waals surface area contributed by atoms with Crippen molar-refractivity contribution in [1.29, 1.82) is 0 Å². The van der Waals surface area contributed by atoms with Crippen molar-refractivity contribution in [3.63, 3.8) is 0 Å². The van der Waals surface area contributed by atoms with Gasteiger partial charge in [-0.2, -0.15) is 0 Å². The molecule has 0 aliphatic carbocycles. The summed E-state index contributed by atoms with van der Waals surface area (Å²) in [5, 5.41) is 21.6. The maximum atomic E-state index is 9.97. The van der Waals surface area contributed by atoms with Gasteiger partial charge in [0.2, 0.25) is 0 Å². The van der Waals surface area contributed by atoms with Crippen LogP contribution in [-0.4, -0.2) is 21.4 Å². The first-order chi connectivity index (χ1) is 8.59. The van der Waals surface area contributed by atoms with Crippen molar-refractivity contribution >= 4 is 10.9 Å². The SMILES string of the molecule is CC(C)C1N=c2c(O)c(O)c3ncccc3c2=N1. The minimum absolute atomic E-state index is 0.212. The molecule has 5 nitrogen and oxygen atoms in total. The van der Waals surface area contributed by atoms with E-state index in [-0.39, 0.29) is 23.6 Å². The molecule has 0 spiro atoms. The van der Waals surface area contributed by atoms with Gasteiger partial charge in [-0.3, -0.25) is 15.0 Å². The number of fused-ring (bicyclic) bond motifs is 3. The number of pyridine rings is 1. The Morgan fingerprint density at radius 3 is 2.56 bits per heavy atom. The van der Waals surface area contributed by atoms with Crippen LogP contribution in [0.25, 0.3) is 10.9 Å². The molecule has 5 heteroatoms. The number of aromatic hydroxyl groups is 2. The van der Waals surface area contributed by atoms with Crippen LogP contribution in [0.15, 0.2) is 28.3 Å². The number of aromatic nitrogens is 1. The van der Waals surface area contributed by atoms with Crippen molar-refractivity contribution in [3.05, 3.63) is 29.0 Å². The zero-order valence-electron chi connectivity index (χ0n) is 10.1. The Labute approximate surface area is 103 Å². The Bertz CT molecular complexity index is 753. The largest absolute Gasteiger partial charge is 0.503 e. The van der Waals surface area contributed by atoms with Gasteiger partial charge in [0.05, 0.1) is 5.36 Å². The molecular weight excluding hydrogens is 230 g/mol. The highest BCUT2D eigenvalue weighted by molar-refractivity contribution is 5.86. The van der Waals surface area contributed by atoms with Crippen LogP contribution in [0.1, 0.15) is 13.8 Å². The summed E-state index contributed by atoms with van der Waals surface area (Å²) in [6.07, 6.45) is 1.36. The van der Waals surface area contributed by atoms with E-state index in [2.05, 4.69) is 15.0 Å². The summed E-state index contributed by atoms with van der Waals surface area (Å²) in [6.45, 7) is 4.03. The summed E-state index contributed by atoms with van der Waals surface area (Å²) in [4.78, 5) is 12.9. The number of nitrogens with zero attached hydrogens (tertiary/aromatic N) is 3. The third kappa shape index (κ3) is 1.37. The fraction of sp³-hybridized carbons (Fsp3) is 0.308. The van der Waals surface area contributed by atoms with Crippen LogP contribution in [0.2, 0.25) is 0 Å². The van der Waals surface area contributed by atoms with Crippen LogP contribution in [0.3, 0.4) is 0 Å². The molecule has 2 aromatic rings. The number of hydrogen-bond acceptors (Lipinski definition) is 5. The molecule has 1 aromatic carbocycles.